The summed E-state index contributed by atoms with van der Waals surface area (Å²) in [5.74, 6) is -0.501. The predicted octanol–water partition coefficient (Wildman–Crippen LogP) is 1.20. The van der Waals surface area contributed by atoms with E-state index in [1.165, 1.54) is 11.1 Å². The number of hydrogen-bond donors (Lipinski definition) is 2. The van der Waals surface area contributed by atoms with Gasteiger partial charge in [-0.25, -0.2) is 0 Å². The fraction of sp³-hybridized carbons (Fsp3) is 0.417. The molecule has 0 fully saturated rings. The van der Waals surface area contributed by atoms with E-state index < -0.39 is 12.0 Å². The van der Waals surface area contributed by atoms with Crippen LogP contribution in [0.4, 0.5) is 0 Å². The Morgan fingerprint density at radius 3 is 2.40 bits per heavy atom. The molecule has 3 N–H and O–H groups in total. The first-order valence-corrected chi connectivity index (χ1v) is 5.22. The summed E-state index contributed by atoms with van der Waals surface area (Å²) in [5, 5.41) is 8.73. The smallest absolute Gasteiger partial charge is 0.320 e. The van der Waals surface area contributed by atoms with Crippen LogP contribution in [-0.2, 0) is 17.6 Å². The van der Waals surface area contributed by atoms with Crippen molar-refractivity contribution in [1.29, 1.82) is 0 Å². The SMILES string of the molecule is N[C@@H](CC1Cc2ccccc2C1)C(=O)O. The van der Waals surface area contributed by atoms with Crippen LogP contribution < -0.4 is 5.73 Å². The summed E-state index contributed by atoms with van der Waals surface area (Å²) in [4.78, 5) is 10.6. The molecule has 1 aliphatic carbocycles. The van der Waals surface area contributed by atoms with Gasteiger partial charge in [-0.2, -0.15) is 0 Å². The lowest BCUT2D eigenvalue weighted by molar-refractivity contribution is -0.138. The van der Waals surface area contributed by atoms with Crippen LogP contribution in [0.15, 0.2) is 24.3 Å². The van der Waals surface area contributed by atoms with Crippen LogP contribution in [0.3, 0.4) is 0 Å². The number of carboxylic acids is 1. The number of aliphatic carboxylic acids is 1. The van der Waals surface area contributed by atoms with Crippen molar-refractivity contribution in [3.8, 4) is 0 Å². The number of carbonyl (C=O) groups is 1. The summed E-state index contributed by atoms with van der Waals surface area (Å²) in [6, 6.07) is 7.56. The van der Waals surface area contributed by atoms with Crippen molar-refractivity contribution in [2.45, 2.75) is 25.3 Å². The summed E-state index contributed by atoms with van der Waals surface area (Å²) < 4.78 is 0. The van der Waals surface area contributed by atoms with Crippen molar-refractivity contribution in [1.82, 2.24) is 0 Å². The monoisotopic (exact) mass is 205 g/mol. The van der Waals surface area contributed by atoms with Gasteiger partial charge in [0.25, 0.3) is 0 Å². The summed E-state index contributed by atoms with van der Waals surface area (Å²) in [6.45, 7) is 0. The Morgan fingerprint density at radius 1 is 1.40 bits per heavy atom. The molecule has 1 atom stereocenters. The quantitative estimate of drug-likeness (QED) is 0.779. The minimum Gasteiger partial charge on any atom is -0.480 e. The Kier molecular flexibility index (Phi) is 2.73. The molecule has 0 aromatic heterocycles. The van der Waals surface area contributed by atoms with Gasteiger partial charge in [-0.15, -0.1) is 0 Å². The Morgan fingerprint density at radius 2 is 1.93 bits per heavy atom. The Balaban J connectivity index is 1.99. The standard InChI is InChI=1S/C12H15NO2/c13-11(12(14)15)7-8-5-9-3-1-2-4-10(9)6-8/h1-4,8,11H,5-7,13H2,(H,14,15)/t11-/m0/s1. The van der Waals surface area contributed by atoms with Crippen molar-refractivity contribution in [2.75, 3.05) is 0 Å². The third-order valence-corrected chi connectivity index (χ3v) is 3.04. The molecular formula is C12H15NO2. The number of hydrogen-bond acceptors (Lipinski definition) is 2. The van der Waals surface area contributed by atoms with Gasteiger partial charge in [-0.05, 0) is 36.3 Å². The molecule has 0 unspecified atom stereocenters. The fourth-order valence-corrected chi connectivity index (χ4v) is 2.28. The number of nitrogens with two attached hydrogens (primary N) is 1. The van der Waals surface area contributed by atoms with Crippen molar-refractivity contribution in [3.05, 3.63) is 35.4 Å². The summed E-state index contributed by atoms with van der Waals surface area (Å²) in [5.41, 5.74) is 8.23. The van der Waals surface area contributed by atoms with Crippen molar-refractivity contribution < 1.29 is 9.90 Å². The molecule has 0 spiro atoms. The van der Waals surface area contributed by atoms with Gasteiger partial charge < -0.3 is 10.8 Å². The van der Waals surface area contributed by atoms with Crippen molar-refractivity contribution in [3.63, 3.8) is 0 Å². The molecule has 1 aromatic rings. The van der Waals surface area contributed by atoms with Crippen molar-refractivity contribution >= 4 is 5.97 Å². The van der Waals surface area contributed by atoms with E-state index in [2.05, 4.69) is 12.1 Å². The molecule has 2 rings (SSSR count). The lowest BCUT2D eigenvalue weighted by Gasteiger charge is -2.11. The maximum Gasteiger partial charge on any atom is 0.320 e. The second kappa shape index (κ2) is 4.03. The summed E-state index contributed by atoms with van der Waals surface area (Å²) in [7, 11) is 0. The zero-order valence-electron chi connectivity index (χ0n) is 8.52. The molecule has 0 aliphatic heterocycles. The zero-order valence-corrected chi connectivity index (χ0v) is 8.52. The Hall–Kier alpha value is -1.35. The average molecular weight is 205 g/mol. The van der Waals surface area contributed by atoms with Gasteiger partial charge in [0.1, 0.15) is 6.04 Å². The molecule has 3 heteroatoms. The third-order valence-electron chi connectivity index (χ3n) is 3.04. The van der Waals surface area contributed by atoms with E-state index in [4.69, 9.17) is 10.8 Å². The first-order valence-electron chi connectivity index (χ1n) is 5.22. The van der Waals surface area contributed by atoms with E-state index in [1.807, 2.05) is 12.1 Å². The van der Waals surface area contributed by atoms with E-state index >= 15 is 0 Å². The fourth-order valence-electron chi connectivity index (χ4n) is 2.28. The van der Waals surface area contributed by atoms with Gasteiger partial charge in [-0.1, -0.05) is 24.3 Å². The highest BCUT2D eigenvalue weighted by Crippen LogP contribution is 2.28. The van der Waals surface area contributed by atoms with E-state index in [1.54, 1.807) is 0 Å². The van der Waals surface area contributed by atoms with Gasteiger partial charge in [0.05, 0.1) is 0 Å². The molecule has 80 valence electrons. The van der Waals surface area contributed by atoms with Crippen LogP contribution in [0.1, 0.15) is 17.5 Å². The third kappa shape index (κ3) is 2.18. The molecule has 0 heterocycles. The summed E-state index contributed by atoms with van der Waals surface area (Å²) in [6.07, 6.45) is 2.51. The highest BCUT2D eigenvalue weighted by Gasteiger charge is 2.25. The molecule has 0 amide bonds. The summed E-state index contributed by atoms with van der Waals surface area (Å²) >= 11 is 0. The highest BCUT2D eigenvalue weighted by molar-refractivity contribution is 5.73. The largest absolute Gasteiger partial charge is 0.480 e. The van der Waals surface area contributed by atoms with Crippen LogP contribution in [0.2, 0.25) is 0 Å². The first-order chi connectivity index (χ1) is 7.16. The molecule has 0 radical (unpaired) electrons. The van der Waals surface area contributed by atoms with Gasteiger partial charge in [-0.3, -0.25) is 4.79 Å². The zero-order chi connectivity index (χ0) is 10.8. The van der Waals surface area contributed by atoms with E-state index in [0.717, 1.165) is 12.8 Å². The van der Waals surface area contributed by atoms with E-state index in [0.29, 0.717) is 12.3 Å². The number of benzene rings is 1. The van der Waals surface area contributed by atoms with Crippen LogP contribution >= 0.6 is 0 Å². The maximum absolute atomic E-state index is 10.6. The number of fused-ring (bicyclic) bond motifs is 1. The molecular weight excluding hydrogens is 190 g/mol. The minimum absolute atomic E-state index is 0.397. The van der Waals surface area contributed by atoms with E-state index in [-0.39, 0.29) is 0 Å². The lowest BCUT2D eigenvalue weighted by Crippen LogP contribution is -2.32. The topological polar surface area (TPSA) is 63.3 Å². The molecule has 1 aliphatic rings. The van der Waals surface area contributed by atoms with Gasteiger partial charge in [0, 0.05) is 0 Å². The average Bonchev–Trinajstić information content (AvgIpc) is 2.59. The Labute approximate surface area is 88.9 Å². The second-order valence-electron chi connectivity index (χ2n) is 4.22. The number of carboxylic acid groups (broad SMARTS) is 1. The normalized spacial score (nSPS) is 17.4. The van der Waals surface area contributed by atoms with Crippen LogP contribution in [-0.4, -0.2) is 17.1 Å². The van der Waals surface area contributed by atoms with Crippen LogP contribution in [0, 0.1) is 5.92 Å². The molecule has 0 saturated carbocycles. The van der Waals surface area contributed by atoms with Gasteiger partial charge in [0.2, 0.25) is 0 Å². The number of rotatable bonds is 3. The molecule has 0 bridgehead atoms. The molecule has 15 heavy (non-hydrogen) atoms. The molecule has 1 aromatic carbocycles. The maximum atomic E-state index is 10.6. The minimum atomic E-state index is -0.897. The Bertz CT molecular complexity index is 351. The van der Waals surface area contributed by atoms with Gasteiger partial charge in [0.15, 0.2) is 0 Å². The lowest BCUT2D eigenvalue weighted by atomic mass is 9.97. The molecule has 3 nitrogen and oxygen atoms in total. The highest BCUT2D eigenvalue weighted by atomic mass is 16.4. The van der Waals surface area contributed by atoms with Crippen LogP contribution in [0.25, 0.3) is 0 Å². The van der Waals surface area contributed by atoms with Crippen LogP contribution in [0.5, 0.6) is 0 Å². The van der Waals surface area contributed by atoms with Gasteiger partial charge >= 0.3 is 5.97 Å². The molecule has 0 saturated heterocycles. The predicted molar refractivity (Wildman–Crippen MR) is 57.6 cm³/mol. The first kappa shape index (κ1) is 10.2. The van der Waals surface area contributed by atoms with Crippen molar-refractivity contribution in [2.24, 2.45) is 11.7 Å². The second-order valence-corrected chi connectivity index (χ2v) is 4.22. The van der Waals surface area contributed by atoms with E-state index in [9.17, 15) is 4.79 Å².